The first-order valence-corrected chi connectivity index (χ1v) is 6.22. The van der Waals surface area contributed by atoms with Crippen LogP contribution < -0.4 is 4.74 Å². The monoisotopic (exact) mass is 245 g/mol. The van der Waals surface area contributed by atoms with Crippen molar-refractivity contribution in [2.75, 3.05) is 0 Å². The maximum absolute atomic E-state index is 5.93. The Hall–Kier alpha value is -2.54. The molecule has 0 bridgehead atoms. The lowest BCUT2D eigenvalue weighted by Crippen LogP contribution is -1.87. The van der Waals surface area contributed by atoms with Gasteiger partial charge in [-0.25, -0.2) is 0 Å². The molecular formula is C18H13O. The zero-order chi connectivity index (χ0) is 12.9. The van der Waals surface area contributed by atoms with E-state index in [4.69, 9.17) is 4.74 Å². The lowest BCUT2D eigenvalue weighted by Gasteiger charge is -2.10. The molecule has 0 atom stereocenters. The summed E-state index contributed by atoms with van der Waals surface area (Å²) >= 11 is 0. The minimum atomic E-state index is 0.819. The number of para-hydroxylation sites is 1. The van der Waals surface area contributed by atoms with Gasteiger partial charge in [0.2, 0.25) is 0 Å². The summed E-state index contributed by atoms with van der Waals surface area (Å²) in [5.74, 6) is 1.65. The molecule has 0 aliphatic carbocycles. The first kappa shape index (κ1) is 11.5. The Bertz CT molecular complexity index is 645. The van der Waals surface area contributed by atoms with Crippen molar-refractivity contribution in [1.82, 2.24) is 0 Å². The quantitative estimate of drug-likeness (QED) is 0.634. The van der Waals surface area contributed by atoms with E-state index in [1.807, 2.05) is 66.7 Å². The molecule has 0 fully saturated rings. The van der Waals surface area contributed by atoms with Gasteiger partial charge in [0.15, 0.2) is 0 Å². The minimum absolute atomic E-state index is 0.819. The predicted molar refractivity (Wildman–Crippen MR) is 77.2 cm³/mol. The standard InChI is InChI=1S/C18H13O/c1-3-9-15(10-4-1)17-13-7-8-14-18(17)19-16-11-5-2-6-12-16/h1-7,9-14H. The highest BCUT2D eigenvalue weighted by atomic mass is 16.5. The minimum Gasteiger partial charge on any atom is -0.457 e. The molecule has 0 spiro atoms. The van der Waals surface area contributed by atoms with Crippen molar-refractivity contribution in [3.05, 3.63) is 84.9 Å². The fourth-order valence-electron chi connectivity index (χ4n) is 1.97. The van der Waals surface area contributed by atoms with E-state index in [1.165, 1.54) is 0 Å². The van der Waals surface area contributed by atoms with Crippen LogP contribution in [0.2, 0.25) is 0 Å². The van der Waals surface area contributed by atoms with Gasteiger partial charge in [0.05, 0.1) is 0 Å². The molecule has 91 valence electrons. The molecule has 0 aliphatic rings. The molecule has 1 nitrogen and oxygen atoms in total. The van der Waals surface area contributed by atoms with Crippen molar-refractivity contribution < 1.29 is 4.74 Å². The Labute approximate surface area is 113 Å². The van der Waals surface area contributed by atoms with E-state index >= 15 is 0 Å². The van der Waals surface area contributed by atoms with E-state index in [9.17, 15) is 0 Å². The average molecular weight is 245 g/mol. The van der Waals surface area contributed by atoms with Gasteiger partial charge in [-0.3, -0.25) is 0 Å². The van der Waals surface area contributed by atoms with Crippen LogP contribution >= 0.6 is 0 Å². The molecule has 0 aliphatic heterocycles. The third kappa shape index (κ3) is 2.66. The smallest absolute Gasteiger partial charge is 0.135 e. The van der Waals surface area contributed by atoms with Crippen molar-refractivity contribution in [2.24, 2.45) is 0 Å². The van der Waals surface area contributed by atoms with E-state index < -0.39 is 0 Å². The first-order chi connectivity index (χ1) is 9.43. The largest absolute Gasteiger partial charge is 0.457 e. The highest BCUT2D eigenvalue weighted by molar-refractivity contribution is 5.70. The third-order valence-corrected chi connectivity index (χ3v) is 2.88. The normalized spacial score (nSPS) is 10.1. The molecule has 0 amide bonds. The second kappa shape index (κ2) is 5.40. The summed E-state index contributed by atoms with van der Waals surface area (Å²) in [5, 5.41) is 0. The molecule has 0 saturated carbocycles. The molecule has 0 saturated heterocycles. The predicted octanol–water partition coefficient (Wildman–Crippen LogP) is 4.95. The fourth-order valence-corrected chi connectivity index (χ4v) is 1.97. The van der Waals surface area contributed by atoms with E-state index in [0.717, 1.165) is 22.6 Å². The SMILES string of the molecule is [c]1ccc(-c2ccccc2)c(Oc2ccccc2)c1. The summed E-state index contributed by atoms with van der Waals surface area (Å²) < 4.78 is 5.93. The second-order valence-corrected chi connectivity index (χ2v) is 4.20. The van der Waals surface area contributed by atoms with Gasteiger partial charge in [-0.1, -0.05) is 60.7 Å². The highest BCUT2D eigenvalue weighted by Crippen LogP contribution is 2.32. The summed E-state index contributed by atoms with van der Waals surface area (Å²) in [6, 6.07) is 28.9. The van der Waals surface area contributed by atoms with Crippen molar-refractivity contribution in [3.63, 3.8) is 0 Å². The number of benzene rings is 3. The molecule has 3 rings (SSSR count). The van der Waals surface area contributed by atoms with Gasteiger partial charge in [0, 0.05) is 5.56 Å². The fraction of sp³-hybridized carbons (Fsp3) is 0. The van der Waals surface area contributed by atoms with Crippen LogP contribution in [0.1, 0.15) is 0 Å². The van der Waals surface area contributed by atoms with Gasteiger partial charge >= 0.3 is 0 Å². The van der Waals surface area contributed by atoms with Crippen LogP contribution in [0.4, 0.5) is 0 Å². The topological polar surface area (TPSA) is 9.23 Å². The number of hydrogen-bond donors (Lipinski definition) is 0. The Balaban J connectivity index is 1.99. The second-order valence-electron chi connectivity index (χ2n) is 4.20. The van der Waals surface area contributed by atoms with Crippen molar-refractivity contribution in [1.29, 1.82) is 0 Å². The van der Waals surface area contributed by atoms with E-state index in [2.05, 4.69) is 18.2 Å². The van der Waals surface area contributed by atoms with E-state index in [-0.39, 0.29) is 0 Å². The van der Waals surface area contributed by atoms with Gasteiger partial charge in [-0.2, -0.15) is 0 Å². The zero-order valence-corrected chi connectivity index (χ0v) is 10.4. The highest BCUT2D eigenvalue weighted by Gasteiger charge is 2.05. The van der Waals surface area contributed by atoms with Gasteiger partial charge in [0.1, 0.15) is 11.5 Å². The molecule has 1 radical (unpaired) electrons. The zero-order valence-electron chi connectivity index (χ0n) is 10.4. The molecule has 1 heteroatoms. The molecule has 3 aromatic rings. The Morgan fingerprint density at radius 1 is 0.737 bits per heavy atom. The third-order valence-electron chi connectivity index (χ3n) is 2.88. The van der Waals surface area contributed by atoms with Crippen LogP contribution in [0.5, 0.6) is 11.5 Å². The number of rotatable bonds is 3. The van der Waals surface area contributed by atoms with Crippen LogP contribution in [0, 0.1) is 6.07 Å². The van der Waals surface area contributed by atoms with Crippen molar-refractivity contribution in [3.8, 4) is 22.6 Å². The van der Waals surface area contributed by atoms with Crippen LogP contribution in [0.25, 0.3) is 11.1 Å². The van der Waals surface area contributed by atoms with Crippen LogP contribution in [-0.4, -0.2) is 0 Å². The van der Waals surface area contributed by atoms with Crippen molar-refractivity contribution >= 4 is 0 Å². The molecule has 0 N–H and O–H groups in total. The molecule has 3 aromatic carbocycles. The molecule has 0 heterocycles. The Morgan fingerprint density at radius 3 is 2.16 bits per heavy atom. The summed E-state index contributed by atoms with van der Waals surface area (Å²) in [5.41, 5.74) is 2.21. The molecule has 19 heavy (non-hydrogen) atoms. The van der Waals surface area contributed by atoms with Crippen molar-refractivity contribution in [2.45, 2.75) is 0 Å². The summed E-state index contributed by atoms with van der Waals surface area (Å²) in [7, 11) is 0. The lowest BCUT2D eigenvalue weighted by atomic mass is 10.1. The maximum Gasteiger partial charge on any atom is 0.135 e. The first-order valence-electron chi connectivity index (χ1n) is 6.22. The lowest BCUT2D eigenvalue weighted by molar-refractivity contribution is 0.484. The van der Waals surface area contributed by atoms with Crippen LogP contribution in [-0.2, 0) is 0 Å². The summed E-state index contributed by atoms with van der Waals surface area (Å²) in [4.78, 5) is 0. The van der Waals surface area contributed by atoms with Gasteiger partial charge in [-0.15, -0.1) is 0 Å². The van der Waals surface area contributed by atoms with E-state index in [0.29, 0.717) is 0 Å². The number of ether oxygens (including phenoxy) is 1. The van der Waals surface area contributed by atoms with Gasteiger partial charge < -0.3 is 4.74 Å². The maximum atomic E-state index is 5.93. The van der Waals surface area contributed by atoms with Gasteiger partial charge in [-0.05, 0) is 29.8 Å². The molecule has 0 unspecified atom stereocenters. The Morgan fingerprint density at radius 2 is 1.42 bits per heavy atom. The molecular weight excluding hydrogens is 232 g/mol. The summed E-state index contributed by atoms with van der Waals surface area (Å²) in [6.45, 7) is 0. The molecule has 0 aromatic heterocycles. The Kier molecular flexibility index (Phi) is 3.28. The van der Waals surface area contributed by atoms with Crippen LogP contribution in [0.3, 0.4) is 0 Å². The number of hydrogen-bond acceptors (Lipinski definition) is 1. The van der Waals surface area contributed by atoms with Crippen LogP contribution in [0.15, 0.2) is 78.9 Å². The van der Waals surface area contributed by atoms with E-state index in [1.54, 1.807) is 0 Å². The average Bonchev–Trinajstić information content (AvgIpc) is 2.50. The summed E-state index contributed by atoms with van der Waals surface area (Å²) in [6.07, 6.45) is 0. The van der Waals surface area contributed by atoms with Gasteiger partial charge in [0.25, 0.3) is 0 Å².